The molecular weight excluding hydrogens is 482 g/mol. The summed E-state index contributed by atoms with van der Waals surface area (Å²) in [6, 6.07) is 9.64. The van der Waals surface area contributed by atoms with Gasteiger partial charge in [-0.15, -0.1) is 0 Å². The third-order valence-corrected chi connectivity index (χ3v) is 8.16. The molecule has 1 aliphatic heterocycles. The molecule has 1 saturated heterocycles. The number of thiazole rings is 1. The number of morpholine rings is 1. The number of ether oxygens (including phenoxy) is 3. The number of hydrogen-bond donors (Lipinski definition) is 1. The lowest BCUT2D eigenvalue weighted by atomic mass is 10.1. The van der Waals surface area contributed by atoms with Gasteiger partial charge in [-0.3, -0.25) is 10.1 Å². The first-order valence-electron chi connectivity index (χ1n) is 10.4. The second-order valence-corrected chi connectivity index (χ2v) is 10.4. The van der Waals surface area contributed by atoms with Crippen LogP contribution >= 0.6 is 11.3 Å². The summed E-state index contributed by atoms with van der Waals surface area (Å²) in [6.07, 6.45) is 0. The number of hydrogen-bond acceptors (Lipinski definition) is 9. The summed E-state index contributed by atoms with van der Waals surface area (Å²) in [4.78, 5) is 29.1. The molecule has 0 atom stereocenters. The number of sulfonamides is 1. The number of methoxy groups -OCH3 is 1. The Morgan fingerprint density at radius 1 is 1.18 bits per heavy atom. The fraction of sp³-hybridized carbons (Fsp3) is 0.318. The zero-order valence-corrected chi connectivity index (χ0v) is 20.2. The van der Waals surface area contributed by atoms with Crippen molar-refractivity contribution in [1.29, 1.82) is 0 Å². The molecule has 0 saturated carbocycles. The molecule has 4 rings (SSSR count). The van der Waals surface area contributed by atoms with Gasteiger partial charge in [-0.2, -0.15) is 4.31 Å². The number of aromatic nitrogens is 1. The van der Waals surface area contributed by atoms with Gasteiger partial charge in [-0.25, -0.2) is 18.2 Å². The Balaban J connectivity index is 1.41. The van der Waals surface area contributed by atoms with Crippen LogP contribution in [0, 0.1) is 6.92 Å². The van der Waals surface area contributed by atoms with Crippen molar-refractivity contribution in [2.75, 3.05) is 45.3 Å². The molecular formula is C22H23N3O7S2. The molecule has 1 aromatic heterocycles. The minimum atomic E-state index is -3.79. The second-order valence-electron chi connectivity index (χ2n) is 7.47. The summed E-state index contributed by atoms with van der Waals surface area (Å²) in [6.45, 7) is 2.24. The highest BCUT2D eigenvalue weighted by atomic mass is 32.2. The van der Waals surface area contributed by atoms with E-state index in [9.17, 15) is 18.0 Å². The van der Waals surface area contributed by atoms with Crippen LogP contribution in [-0.4, -0.2) is 69.6 Å². The molecule has 1 N–H and O–H groups in total. The van der Waals surface area contributed by atoms with Crippen molar-refractivity contribution in [3.8, 4) is 5.75 Å². The summed E-state index contributed by atoms with van der Waals surface area (Å²) in [5.74, 6) is -0.689. The predicted octanol–water partition coefficient (Wildman–Crippen LogP) is 2.43. The molecule has 0 spiro atoms. The third-order valence-electron chi connectivity index (χ3n) is 5.19. The van der Waals surface area contributed by atoms with Gasteiger partial charge in [0.2, 0.25) is 10.0 Å². The van der Waals surface area contributed by atoms with Gasteiger partial charge in [-0.05, 0) is 42.8 Å². The molecule has 10 nitrogen and oxygen atoms in total. The molecule has 2 aromatic carbocycles. The Hall–Kier alpha value is -3.06. The number of nitrogens with one attached hydrogen (secondary N) is 1. The van der Waals surface area contributed by atoms with Gasteiger partial charge >= 0.3 is 5.97 Å². The molecule has 0 bridgehead atoms. The molecule has 1 fully saturated rings. The van der Waals surface area contributed by atoms with E-state index in [1.165, 1.54) is 27.8 Å². The van der Waals surface area contributed by atoms with Gasteiger partial charge in [0.05, 0.1) is 41.0 Å². The van der Waals surface area contributed by atoms with Crippen LogP contribution in [0.15, 0.2) is 41.3 Å². The molecule has 3 aromatic rings. The van der Waals surface area contributed by atoms with Crippen molar-refractivity contribution >= 4 is 48.6 Å². The maximum Gasteiger partial charge on any atom is 0.338 e. The number of amides is 1. The Morgan fingerprint density at radius 3 is 2.68 bits per heavy atom. The molecule has 1 amide bonds. The Labute approximate surface area is 200 Å². The smallest absolute Gasteiger partial charge is 0.338 e. The fourth-order valence-corrected chi connectivity index (χ4v) is 5.96. The molecule has 0 unspecified atom stereocenters. The lowest BCUT2D eigenvalue weighted by Crippen LogP contribution is -2.40. The van der Waals surface area contributed by atoms with E-state index in [0.717, 1.165) is 4.70 Å². The zero-order valence-electron chi connectivity index (χ0n) is 18.6. The minimum Gasteiger partial charge on any atom is -0.497 e. The SMILES string of the molecule is COc1ccc2nc(NC(=O)COC(=O)c3ccc(C)c(S(=O)(=O)N4CCOCC4)c3)sc2c1. The number of nitrogens with zero attached hydrogens (tertiary/aromatic N) is 2. The topological polar surface area (TPSA) is 124 Å². The van der Waals surface area contributed by atoms with Gasteiger partial charge < -0.3 is 14.2 Å². The monoisotopic (exact) mass is 505 g/mol. The molecule has 12 heteroatoms. The highest BCUT2D eigenvalue weighted by Crippen LogP contribution is 2.29. The van der Waals surface area contributed by atoms with E-state index in [4.69, 9.17) is 14.2 Å². The summed E-state index contributed by atoms with van der Waals surface area (Å²) < 4.78 is 43.7. The number of fused-ring (bicyclic) bond motifs is 1. The van der Waals surface area contributed by atoms with Crippen LogP contribution in [0.2, 0.25) is 0 Å². The highest BCUT2D eigenvalue weighted by Gasteiger charge is 2.28. The third kappa shape index (κ3) is 5.20. The lowest BCUT2D eigenvalue weighted by Gasteiger charge is -2.26. The largest absolute Gasteiger partial charge is 0.497 e. The van der Waals surface area contributed by atoms with Crippen molar-refractivity contribution in [2.45, 2.75) is 11.8 Å². The molecule has 0 aliphatic carbocycles. The molecule has 34 heavy (non-hydrogen) atoms. The number of carbonyl (C=O) groups is 2. The van der Waals surface area contributed by atoms with E-state index >= 15 is 0 Å². The number of carbonyl (C=O) groups excluding carboxylic acids is 2. The standard InChI is InChI=1S/C22H23N3O7S2/c1-14-3-4-15(11-19(14)34(28,29)25-7-9-31-10-8-25)21(27)32-13-20(26)24-22-23-17-6-5-16(30-2)12-18(17)33-22/h3-6,11-12H,7-10,13H2,1-2H3,(H,23,24,26). The molecule has 180 valence electrons. The number of benzene rings is 2. The Bertz CT molecular complexity index is 1330. The Kier molecular flexibility index (Phi) is 7.12. The van der Waals surface area contributed by atoms with Crippen molar-refractivity contribution in [3.05, 3.63) is 47.5 Å². The van der Waals surface area contributed by atoms with E-state index in [2.05, 4.69) is 10.3 Å². The molecule has 2 heterocycles. The predicted molar refractivity (Wildman–Crippen MR) is 126 cm³/mol. The minimum absolute atomic E-state index is 0.0261. The normalized spacial score (nSPS) is 14.6. The first-order valence-corrected chi connectivity index (χ1v) is 12.6. The second kappa shape index (κ2) is 10.1. The number of esters is 1. The van der Waals surface area contributed by atoms with Gasteiger partial charge in [0, 0.05) is 13.1 Å². The maximum atomic E-state index is 13.0. The van der Waals surface area contributed by atoms with Crippen LogP contribution in [0.1, 0.15) is 15.9 Å². The van der Waals surface area contributed by atoms with Crippen molar-refractivity contribution in [3.63, 3.8) is 0 Å². The number of aryl methyl sites for hydroxylation is 1. The van der Waals surface area contributed by atoms with Crippen LogP contribution in [-0.2, 0) is 24.3 Å². The van der Waals surface area contributed by atoms with E-state index in [0.29, 0.717) is 35.2 Å². The van der Waals surface area contributed by atoms with Gasteiger partial charge in [0.1, 0.15) is 5.75 Å². The van der Waals surface area contributed by atoms with Crippen molar-refractivity contribution < 1.29 is 32.2 Å². The van der Waals surface area contributed by atoms with Crippen LogP contribution < -0.4 is 10.1 Å². The average molecular weight is 506 g/mol. The number of anilines is 1. The van der Waals surface area contributed by atoms with Gasteiger partial charge in [-0.1, -0.05) is 17.4 Å². The first-order chi connectivity index (χ1) is 16.3. The average Bonchev–Trinajstić information content (AvgIpc) is 3.24. The van der Waals surface area contributed by atoms with Crippen LogP contribution in [0.25, 0.3) is 10.2 Å². The van der Waals surface area contributed by atoms with Crippen LogP contribution in [0.5, 0.6) is 5.75 Å². The van der Waals surface area contributed by atoms with E-state index in [-0.39, 0.29) is 23.5 Å². The lowest BCUT2D eigenvalue weighted by molar-refractivity contribution is -0.119. The quantitative estimate of drug-likeness (QED) is 0.486. The van der Waals surface area contributed by atoms with E-state index in [1.807, 2.05) is 6.07 Å². The van der Waals surface area contributed by atoms with E-state index in [1.54, 1.807) is 32.2 Å². The highest BCUT2D eigenvalue weighted by molar-refractivity contribution is 7.89. The van der Waals surface area contributed by atoms with Gasteiger partial charge in [0.15, 0.2) is 11.7 Å². The fourth-order valence-electron chi connectivity index (χ4n) is 3.39. The summed E-state index contributed by atoms with van der Waals surface area (Å²) in [5.41, 5.74) is 1.25. The first kappa shape index (κ1) is 24.1. The summed E-state index contributed by atoms with van der Waals surface area (Å²) >= 11 is 1.26. The maximum absolute atomic E-state index is 13.0. The summed E-state index contributed by atoms with van der Waals surface area (Å²) in [7, 11) is -2.22. The van der Waals surface area contributed by atoms with E-state index < -0.39 is 28.5 Å². The van der Waals surface area contributed by atoms with Crippen molar-refractivity contribution in [2.24, 2.45) is 0 Å². The van der Waals surface area contributed by atoms with Crippen molar-refractivity contribution in [1.82, 2.24) is 9.29 Å². The molecule has 0 radical (unpaired) electrons. The van der Waals surface area contributed by atoms with Crippen LogP contribution in [0.4, 0.5) is 5.13 Å². The Morgan fingerprint density at radius 2 is 1.94 bits per heavy atom. The van der Waals surface area contributed by atoms with Crippen LogP contribution in [0.3, 0.4) is 0 Å². The van der Waals surface area contributed by atoms with Gasteiger partial charge in [0.25, 0.3) is 5.91 Å². The zero-order chi connectivity index (χ0) is 24.3. The summed E-state index contributed by atoms with van der Waals surface area (Å²) in [5, 5.41) is 2.96. The number of rotatable bonds is 7. The molecule has 1 aliphatic rings.